The zero-order valence-electron chi connectivity index (χ0n) is 12.9. The highest BCUT2D eigenvalue weighted by molar-refractivity contribution is 7.91. The lowest BCUT2D eigenvalue weighted by atomic mass is 9.88. The number of nitrogens with two attached hydrogens (primary N) is 1. The molecule has 0 unspecified atom stereocenters. The summed E-state index contributed by atoms with van der Waals surface area (Å²) in [6.07, 6.45) is 10.8. The second-order valence-corrected chi connectivity index (χ2v) is 8.39. The summed E-state index contributed by atoms with van der Waals surface area (Å²) in [5.74, 6) is 1.15. The van der Waals surface area contributed by atoms with Crippen LogP contribution in [0.4, 0.5) is 0 Å². The largest absolute Gasteiger partial charge is 0.328 e. The number of hydrogen-bond donors (Lipinski definition) is 1. The monoisotopic (exact) mass is 325 g/mol. The van der Waals surface area contributed by atoms with Gasteiger partial charge in [-0.25, -0.2) is 8.42 Å². The quantitative estimate of drug-likeness (QED) is 0.657. The lowest BCUT2D eigenvalue weighted by Gasteiger charge is -2.25. The van der Waals surface area contributed by atoms with Gasteiger partial charge in [0.05, 0.1) is 11.5 Å². The third-order valence-electron chi connectivity index (χ3n) is 4.19. The van der Waals surface area contributed by atoms with E-state index in [1.807, 2.05) is 0 Å². The molecule has 0 saturated heterocycles. The third-order valence-corrected chi connectivity index (χ3v) is 6.08. The molecule has 5 heteroatoms. The van der Waals surface area contributed by atoms with Gasteiger partial charge in [0.2, 0.25) is 0 Å². The summed E-state index contributed by atoms with van der Waals surface area (Å²) < 4.78 is 24.1. The molecule has 2 N–H and O–H groups in total. The zero-order valence-corrected chi connectivity index (χ0v) is 14.5. The maximum Gasteiger partial charge on any atom is 0.150 e. The fourth-order valence-electron chi connectivity index (χ4n) is 2.90. The van der Waals surface area contributed by atoms with Crippen molar-refractivity contribution in [2.45, 2.75) is 77.2 Å². The van der Waals surface area contributed by atoms with E-state index in [-0.39, 0.29) is 12.4 Å². The molecule has 0 heterocycles. The van der Waals surface area contributed by atoms with E-state index < -0.39 is 9.84 Å². The van der Waals surface area contributed by atoms with Crippen LogP contribution in [0.5, 0.6) is 0 Å². The van der Waals surface area contributed by atoms with Crippen LogP contribution in [0.2, 0.25) is 0 Å². The van der Waals surface area contributed by atoms with Crippen LogP contribution in [0.1, 0.15) is 71.1 Å². The summed E-state index contributed by atoms with van der Waals surface area (Å²) >= 11 is 0. The minimum Gasteiger partial charge on any atom is -0.328 e. The van der Waals surface area contributed by atoms with Crippen LogP contribution in [0.15, 0.2) is 0 Å². The van der Waals surface area contributed by atoms with Crippen molar-refractivity contribution in [1.29, 1.82) is 0 Å². The predicted molar refractivity (Wildman–Crippen MR) is 89.2 cm³/mol. The lowest BCUT2D eigenvalue weighted by Crippen LogP contribution is -2.30. The smallest absolute Gasteiger partial charge is 0.150 e. The Morgan fingerprint density at radius 2 is 1.50 bits per heavy atom. The van der Waals surface area contributed by atoms with Gasteiger partial charge in [0.25, 0.3) is 0 Å². The summed E-state index contributed by atoms with van der Waals surface area (Å²) in [4.78, 5) is 0. The number of halogens is 1. The molecule has 0 radical (unpaired) electrons. The third kappa shape index (κ3) is 9.19. The van der Waals surface area contributed by atoms with Crippen molar-refractivity contribution in [3.05, 3.63) is 0 Å². The Kier molecular flexibility index (Phi) is 11.0. The van der Waals surface area contributed by atoms with Gasteiger partial charge in [-0.05, 0) is 38.0 Å². The molecule has 0 aromatic carbocycles. The summed E-state index contributed by atoms with van der Waals surface area (Å²) in [7, 11) is -2.83. The van der Waals surface area contributed by atoms with Crippen molar-refractivity contribution in [3.63, 3.8) is 0 Å². The molecule has 0 spiro atoms. The van der Waals surface area contributed by atoms with E-state index in [2.05, 4.69) is 6.92 Å². The van der Waals surface area contributed by atoms with E-state index in [4.69, 9.17) is 5.73 Å². The predicted octanol–water partition coefficient (Wildman–Crippen LogP) is 3.70. The molecule has 0 aromatic heterocycles. The first-order chi connectivity index (χ1) is 9.03. The maximum atomic E-state index is 12.0. The van der Waals surface area contributed by atoms with Crippen molar-refractivity contribution in [2.24, 2.45) is 11.7 Å². The second kappa shape index (κ2) is 10.9. The van der Waals surface area contributed by atoms with Crippen LogP contribution >= 0.6 is 12.4 Å². The molecule has 1 aliphatic carbocycles. The minimum atomic E-state index is -2.83. The first kappa shape index (κ1) is 20.2. The fourth-order valence-corrected chi connectivity index (χ4v) is 4.76. The van der Waals surface area contributed by atoms with E-state index in [0.717, 1.165) is 38.5 Å². The Morgan fingerprint density at radius 1 is 0.950 bits per heavy atom. The number of sulfone groups is 1. The topological polar surface area (TPSA) is 60.2 Å². The van der Waals surface area contributed by atoms with Crippen molar-refractivity contribution in [2.75, 3.05) is 11.5 Å². The molecule has 3 nitrogen and oxygen atoms in total. The van der Waals surface area contributed by atoms with Gasteiger partial charge in [-0.2, -0.15) is 0 Å². The van der Waals surface area contributed by atoms with Gasteiger partial charge in [-0.3, -0.25) is 0 Å². The Bertz CT molecular complexity index is 325. The summed E-state index contributed by atoms with van der Waals surface area (Å²) in [6.45, 7) is 2.19. The first-order valence-electron chi connectivity index (χ1n) is 7.99. The molecule has 20 heavy (non-hydrogen) atoms. The van der Waals surface area contributed by atoms with Crippen molar-refractivity contribution in [3.8, 4) is 0 Å². The highest BCUT2D eigenvalue weighted by Crippen LogP contribution is 2.24. The van der Waals surface area contributed by atoms with E-state index in [9.17, 15) is 8.42 Å². The molecule has 1 rings (SSSR count). The Labute approximate surface area is 131 Å². The molecule has 0 amide bonds. The molecule has 1 saturated carbocycles. The van der Waals surface area contributed by atoms with Gasteiger partial charge >= 0.3 is 0 Å². The molecular weight excluding hydrogens is 294 g/mol. The molecule has 1 aliphatic rings. The van der Waals surface area contributed by atoms with Crippen LogP contribution in [-0.4, -0.2) is 26.0 Å². The van der Waals surface area contributed by atoms with Crippen LogP contribution in [0.25, 0.3) is 0 Å². The highest BCUT2D eigenvalue weighted by Gasteiger charge is 2.23. The fraction of sp³-hybridized carbons (Fsp3) is 1.00. The Balaban J connectivity index is 0.00000361. The molecule has 0 aliphatic heterocycles. The second-order valence-electron chi connectivity index (χ2n) is 6.16. The summed E-state index contributed by atoms with van der Waals surface area (Å²) in [5.41, 5.74) is 5.85. The highest BCUT2D eigenvalue weighted by atomic mass is 35.5. The summed E-state index contributed by atoms with van der Waals surface area (Å²) in [6, 6.07) is 0.303. The lowest BCUT2D eigenvalue weighted by molar-refractivity contribution is 0.348. The van der Waals surface area contributed by atoms with Crippen LogP contribution in [-0.2, 0) is 9.84 Å². The van der Waals surface area contributed by atoms with Gasteiger partial charge in [-0.1, -0.05) is 39.0 Å². The number of hydrogen-bond acceptors (Lipinski definition) is 3. The first-order valence-corrected chi connectivity index (χ1v) is 9.81. The van der Waals surface area contributed by atoms with Crippen LogP contribution < -0.4 is 5.73 Å². The molecule has 0 bridgehead atoms. The van der Waals surface area contributed by atoms with Crippen LogP contribution in [0, 0.1) is 5.92 Å². The zero-order chi connectivity index (χ0) is 14.1. The Morgan fingerprint density at radius 3 is 2.10 bits per heavy atom. The number of unbranched alkanes of at least 4 members (excludes halogenated alkanes) is 5. The van der Waals surface area contributed by atoms with E-state index in [1.165, 1.54) is 25.7 Å². The van der Waals surface area contributed by atoms with Crippen LogP contribution in [0.3, 0.4) is 0 Å². The molecule has 0 aromatic rings. The minimum absolute atomic E-state index is 0. The molecule has 1 fully saturated rings. The summed E-state index contributed by atoms with van der Waals surface area (Å²) in [5, 5.41) is 0. The SMILES string of the molecule is CCCCCCCCS(=O)(=O)CC1CCC(N)CC1.Cl. The van der Waals surface area contributed by atoms with E-state index in [1.54, 1.807) is 0 Å². The van der Waals surface area contributed by atoms with Crippen molar-refractivity contribution < 1.29 is 8.42 Å². The molecular formula is C15H32ClNO2S. The van der Waals surface area contributed by atoms with E-state index in [0.29, 0.717) is 23.5 Å². The average Bonchev–Trinajstić information content (AvgIpc) is 2.36. The molecule has 0 atom stereocenters. The van der Waals surface area contributed by atoms with Gasteiger partial charge in [0.15, 0.2) is 9.84 Å². The van der Waals surface area contributed by atoms with Gasteiger partial charge < -0.3 is 5.73 Å². The van der Waals surface area contributed by atoms with Gasteiger partial charge in [0.1, 0.15) is 0 Å². The average molecular weight is 326 g/mol. The normalized spacial score (nSPS) is 23.3. The standard InChI is InChI=1S/C15H31NO2S.ClH/c1-2-3-4-5-6-7-12-19(17,18)13-14-8-10-15(16)11-9-14;/h14-15H,2-13,16H2,1H3;1H. The number of rotatable bonds is 9. The van der Waals surface area contributed by atoms with Gasteiger partial charge in [-0.15, -0.1) is 12.4 Å². The maximum absolute atomic E-state index is 12.0. The van der Waals surface area contributed by atoms with E-state index >= 15 is 0 Å². The van der Waals surface area contributed by atoms with Gasteiger partial charge in [0, 0.05) is 6.04 Å². The van der Waals surface area contributed by atoms with Crippen molar-refractivity contribution in [1.82, 2.24) is 0 Å². The molecule has 122 valence electrons. The Hall–Kier alpha value is 0.200. The van der Waals surface area contributed by atoms with Crippen molar-refractivity contribution >= 4 is 22.2 Å².